The number of nitrogens with zero attached hydrogens (tertiary/aromatic N) is 3. The number of unbranched alkanes of at least 4 members (excludes halogenated alkanes) is 1. The van der Waals surface area contributed by atoms with Gasteiger partial charge in [-0.1, -0.05) is 46.3 Å². The standard InChI is InChI=1S/C18H16BrN3/c19-11-5-6-12-22-16-10-4-1-7-13(16)17-18(22)21-15-9-3-2-8-14(15)20-17/h1-4,7-10H,5-6,11-12H2. The van der Waals surface area contributed by atoms with Crippen molar-refractivity contribution in [1.29, 1.82) is 0 Å². The van der Waals surface area contributed by atoms with E-state index in [0.717, 1.165) is 46.9 Å². The van der Waals surface area contributed by atoms with Gasteiger partial charge in [-0.05, 0) is 31.0 Å². The number of halogens is 1. The zero-order valence-electron chi connectivity index (χ0n) is 12.2. The molecule has 0 bridgehead atoms. The van der Waals surface area contributed by atoms with E-state index in [-0.39, 0.29) is 0 Å². The fraction of sp³-hybridized carbons (Fsp3) is 0.222. The number of benzene rings is 2. The fourth-order valence-electron chi connectivity index (χ4n) is 2.97. The van der Waals surface area contributed by atoms with Gasteiger partial charge in [-0.15, -0.1) is 0 Å². The Morgan fingerprint density at radius 1 is 0.864 bits per heavy atom. The molecule has 0 amide bonds. The first-order chi connectivity index (χ1) is 10.9. The average Bonchev–Trinajstić information content (AvgIpc) is 2.87. The smallest absolute Gasteiger partial charge is 0.160 e. The Labute approximate surface area is 137 Å². The number of hydrogen-bond acceptors (Lipinski definition) is 2. The number of fused-ring (bicyclic) bond motifs is 4. The van der Waals surface area contributed by atoms with Gasteiger partial charge in [-0.3, -0.25) is 0 Å². The second-order valence-electron chi connectivity index (χ2n) is 5.45. The fourth-order valence-corrected chi connectivity index (χ4v) is 3.37. The van der Waals surface area contributed by atoms with Gasteiger partial charge < -0.3 is 4.57 Å². The summed E-state index contributed by atoms with van der Waals surface area (Å²) in [5.41, 5.74) is 5.14. The van der Waals surface area contributed by atoms with E-state index in [2.05, 4.69) is 44.8 Å². The van der Waals surface area contributed by atoms with Crippen molar-refractivity contribution in [2.45, 2.75) is 19.4 Å². The molecule has 0 spiro atoms. The van der Waals surface area contributed by atoms with Crippen LogP contribution in [0.2, 0.25) is 0 Å². The molecule has 0 aliphatic heterocycles. The van der Waals surface area contributed by atoms with Gasteiger partial charge in [0.1, 0.15) is 5.52 Å². The molecule has 0 N–H and O–H groups in total. The Balaban J connectivity index is 2.02. The van der Waals surface area contributed by atoms with E-state index in [1.54, 1.807) is 0 Å². The van der Waals surface area contributed by atoms with Gasteiger partial charge in [0.15, 0.2) is 5.65 Å². The van der Waals surface area contributed by atoms with Crippen molar-refractivity contribution in [2.24, 2.45) is 0 Å². The lowest BCUT2D eigenvalue weighted by Gasteiger charge is -2.06. The maximum atomic E-state index is 4.88. The van der Waals surface area contributed by atoms with Gasteiger partial charge in [0, 0.05) is 17.3 Å². The third kappa shape index (κ3) is 2.18. The van der Waals surface area contributed by atoms with Gasteiger partial charge in [0.05, 0.1) is 16.6 Å². The second kappa shape index (κ2) is 5.69. The van der Waals surface area contributed by atoms with Gasteiger partial charge in [0.25, 0.3) is 0 Å². The summed E-state index contributed by atoms with van der Waals surface area (Å²) in [5, 5.41) is 2.23. The number of alkyl halides is 1. The van der Waals surface area contributed by atoms with Crippen molar-refractivity contribution in [1.82, 2.24) is 14.5 Å². The molecule has 2 aromatic heterocycles. The minimum Gasteiger partial charge on any atom is -0.324 e. The highest BCUT2D eigenvalue weighted by molar-refractivity contribution is 9.09. The van der Waals surface area contributed by atoms with Crippen LogP contribution in [0.4, 0.5) is 0 Å². The molecule has 110 valence electrons. The Morgan fingerprint density at radius 2 is 1.59 bits per heavy atom. The summed E-state index contributed by atoms with van der Waals surface area (Å²) in [4.78, 5) is 9.74. The molecule has 22 heavy (non-hydrogen) atoms. The number of hydrogen-bond donors (Lipinski definition) is 0. The highest BCUT2D eigenvalue weighted by Crippen LogP contribution is 2.28. The molecule has 0 radical (unpaired) electrons. The number of aromatic nitrogens is 3. The van der Waals surface area contributed by atoms with Crippen LogP contribution in [0.1, 0.15) is 12.8 Å². The van der Waals surface area contributed by atoms with E-state index in [1.807, 2.05) is 24.3 Å². The van der Waals surface area contributed by atoms with E-state index in [9.17, 15) is 0 Å². The van der Waals surface area contributed by atoms with E-state index in [0.29, 0.717) is 0 Å². The van der Waals surface area contributed by atoms with Gasteiger partial charge in [0.2, 0.25) is 0 Å². The lowest BCUT2D eigenvalue weighted by atomic mass is 10.2. The average molecular weight is 354 g/mol. The summed E-state index contributed by atoms with van der Waals surface area (Å²) in [6.45, 7) is 0.975. The molecular formula is C18H16BrN3. The van der Waals surface area contributed by atoms with Crippen LogP contribution in [0.25, 0.3) is 33.1 Å². The van der Waals surface area contributed by atoms with Gasteiger partial charge >= 0.3 is 0 Å². The van der Waals surface area contributed by atoms with Crippen molar-refractivity contribution in [3.63, 3.8) is 0 Å². The van der Waals surface area contributed by atoms with Crippen molar-refractivity contribution >= 4 is 49.0 Å². The van der Waals surface area contributed by atoms with Gasteiger partial charge in [-0.2, -0.15) is 0 Å². The summed E-state index contributed by atoms with van der Waals surface area (Å²) in [7, 11) is 0. The first kappa shape index (κ1) is 13.7. The summed E-state index contributed by atoms with van der Waals surface area (Å²) >= 11 is 3.51. The van der Waals surface area contributed by atoms with Crippen LogP contribution in [0.5, 0.6) is 0 Å². The van der Waals surface area contributed by atoms with Crippen LogP contribution >= 0.6 is 15.9 Å². The Bertz CT molecular complexity index is 958. The van der Waals surface area contributed by atoms with Gasteiger partial charge in [-0.25, -0.2) is 9.97 Å². The first-order valence-electron chi connectivity index (χ1n) is 7.58. The van der Waals surface area contributed by atoms with E-state index < -0.39 is 0 Å². The molecule has 0 aliphatic rings. The van der Waals surface area contributed by atoms with Crippen LogP contribution < -0.4 is 0 Å². The molecule has 0 unspecified atom stereocenters. The zero-order chi connectivity index (χ0) is 14.9. The predicted octanol–water partition coefficient (Wildman–Crippen LogP) is 4.91. The normalized spacial score (nSPS) is 11.7. The highest BCUT2D eigenvalue weighted by atomic mass is 79.9. The molecular weight excluding hydrogens is 338 g/mol. The molecule has 4 aromatic rings. The Hall–Kier alpha value is -1.94. The third-order valence-electron chi connectivity index (χ3n) is 4.02. The number of rotatable bonds is 4. The van der Waals surface area contributed by atoms with Crippen molar-refractivity contribution in [3.05, 3.63) is 48.5 Å². The van der Waals surface area contributed by atoms with Crippen LogP contribution in [0, 0.1) is 0 Å². The zero-order valence-corrected chi connectivity index (χ0v) is 13.8. The minimum atomic E-state index is 0.957. The molecule has 4 heteroatoms. The molecule has 0 saturated carbocycles. The summed E-state index contributed by atoms with van der Waals surface area (Å²) in [6.07, 6.45) is 2.29. The summed E-state index contributed by atoms with van der Waals surface area (Å²) in [5.74, 6) is 0. The first-order valence-corrected chi connectivity index (χ1v) is 8.70. The molecule has 4 rings (SSSR count). The minimum absolute atomic E-state index is 0.957. The number of aryl methyl sites for hydroxylation is 1. The molecule has 0 aliphatic carbocycles. The Morgan fingerprint density at radius 3 is 2.41 bits per heavy atom. The van der Waals surface area contributed by atoms with Crippen LogP contribution in [0.3, 0.4) is 0 Å². The molecule has 2 heterocycles. The third-order valence-corrected chi connectivity index (χ3v) is 4.58. The molecule has 3 nitrogen and oxygen atoms in total. The van der Waals surface area contributed by atoms with E-state index >= 15 is 0 Å². The molecule has 0 fully saturated rings. The van der Waals surface area contributed by atoms with Crippen LogP contribution in [-0.4, -0.2) is 19.9 Å². The SMILES string of the molecule is BrCCCCn1c2ccccc2c2nc3ccccc3nc21. The lowest BCUT2D eigenvalue weighted by Crippen LogP contribution is -2.00. The van der Waals surface area contributed by atoms with Crippen molar-refractivity contribution < 1.29 is 0 Å². The largest absolute Gasteiger partial charge is 0.324 e. The van der Waals surface area contributed by atoms with Crippen molar-refractivity contribution in [3.8, 4) is 0 Å². The monoisotopic (exact) mass is 353 g/mol. The van der Waals surface area contributed by atoms with E-state index in [1.165, 1.54) is 10.9 Å². The Kier molecular flexibility index (Phi) is 3.54. The predicted molar refractivity (Wildman–Crippen MR) is 95.6 cm³/mol. The summed E-state index contributed by atoms with van der Waals surface area (Å²) in [6, 6.07) is 16.5. The maximum Gasteiger partial charge on any atom is 0.160 e. The topological polar surface area (TPSA) is 30.7 Å². The van der Waals surface area contributed by atoms with Crippen LogP contribution in [-0.2, 0) is 6.54 Å². The quantitative estimate of drug-likeness (QED) is 0.385. The number of para-hydroxylation sites is 3. The van der Waals surface area contributed by atoms with Crippen LogP contribution in [0.15, 0.2) is 48.5 Å². The summed E-state index contributed by atoms with van der Waals surface area (Å²) < 4.78 is 2.31. The molecule has 2 aromatic carbocycles. The van der Waals surface area contributed by atoms with E-state index in [4.69, 9.17) is 9.97 Å². The lowest BCUT2D eigenvalue weighted by molar-refractivity contribution is 0.666. The molecule has 0 atom stereocenters. The maximum absolute atomic E-state index is 4.88. The highest BCUT2D eigenvalue weighted by Gasteiger charge is 2.13. The second-order valence-corrected chi connectivity index (χ2v) is 6.24. The van der Waals surface area contributed by atoms with Crippen molar-refractivity contribution in [2.75, 3.05) is 5.33 Å². The molecule has 0 saturated heterocycles.